The van der Waals surface area contributed by atoms with Crippen LogP contribution in [0, 0.1) is 6.92 Å². The van der Waals surface area contributed by atoms with Crippen LogP contribution in [0.4, 0.5) is 5.69 Å². The molecule has 0 unspecified atom stereocenters. The summed E-state index contributed by atoms with van der Waals surface area (Å²) in [5.74, 6) is -0.117. The number of carbonyl (C=O) groups excluding carboxylic acids is 1. The van der Waals surface area contributed by atoms with E-state index in [1.165, 1.54) is 10.4 Å². The van der Waals surface area contributed by atoms with E-state index in [1.54, 1.807) is 17.4 Å². The molecule has 0 saturated heterocycles. The number of hydrogen-bond donors (Lipinski definition) is 1. The third-order valence-corrected chi connectivity index (χ3v) is 4.59. The zero-order valence-electron chi connectivity index (χ0n) is 12.8. The Labute approximate surface area is 140 Å². The number of nitrogens with one attached hydrogen (secondary N) is 1. The van der Waals surface area contributed by atoms with E-state index in [1.807, 2.05) is 61.5 Å². The number of amides is 1. The maximum Gasteiger partial charge on any atom is 0.248 e. The SMILES string of the molecule is Cc1ccccc1NC(=O)/C=C/c1ccc(-c2ccccc2)s1. The Bertz CT molecular complexity index is 834. The van der Waals surface area contributed by atoms with Gasteiger partial charge in [-0.05, 0) is 42.3 Å². The van der Waals surface area contributed by atoms with Crippen molar-refractivity contribution >= 4 is 29.0 Å². The van der Waals surface area contributed by atoms with Crippen LogP contribution in [0.5, 0.6) is 0 Å². The highest BCUT2D eigenvalue weighted by molar-refractivity contribution is 7.16. The van der Waals surface area contributed by atoms with Crippen LogP contribution in [0.1, 0.15) is 10.4 Å². The van der Waals surface area contributed by atoms with Crippen LogP contribution in [0.25, 0.3) is 16.5 Å². The molecule has 0 radical (unpaired) electrons. The molecule has 0 aliphatic rings. The third-order valence-electron chi connectivity index (χ3n) is 3.49. The average Bonchev–Trinajstić information content (AvgIpc) is 3.05. The van der Waals surface area contributed by atoms with Crippen molar-refractivity contribution in [2.75, 3.05) is 5.32 Å². The zero-order chi connectivity index (χ0) is 16.1. The Morgan fingerprint density at radius 2 is 1.70 bits per heavy atom. The summed E-state index contributed by atoms with van der Waals surface area (Å²) in [5.41, 5.74) is 3.09. The molecular weight excluding hydrogens is 302 g/mol. The van der Waals surface area contributed by atoms with Crippen molar-refractivity contribution in [1.29, 1.82) is 0 Å². The van der Waals surface area contributed by atoms with Gasteiger partial charge in [-0.15, -0.1) is 11.3 Å². The van der Waals surface area contributed by atoms with Crippen molar-refractivity contribution in [3.63, 3.8) is 0 Å². The maximum absolute atomic E-state index is 12.0. The van der Waals surface area contributed by atoms with Gasteiger partial charge >= 0.3 is 0 Å². The number of carbonyl (C=O) groups is 1. The lowest BCUT2D eigenvalue weighted by Crippen LogP contribution is -2.08. The number of anilines is 1. The number of rotatable bonds is 4. The molecule has 1 aromatic heterocycles. The van der Waals surface area contributed by atoms with Gasteiger partial charge in [0.05, 0.1) is 0 Å². The fourth-order valence-electron chi connectivity index (χ4n) is 2.25. The van der Waals surface area contributed by atoms with Gasteiger partial charge in [0.15, 0.2) is 0 Å². The number of para-hydroxylation sites is 1. The molecule has 3 aromatic rings. The quantitative estimate of drug-likeness (QED) is 0.643. The first-order chi connectivity index (χ1) is 11.2. The summed E-state index contributed by atoms with van der Waals surface area (Å²) in [6, 6.07) is 22.1. The van der Waals surface area contributed by atoms with E-state index in [0.29, 0.717) is 0 Å². The standard InChI is InChI=1S/C20H17NOS/c1-15-7-5-6-10-18(15)21-20(22)14-12-17-11-13-19(23-17)16-8-3-2-4-9-16/h2-14H,1H3,(H,21,22)/b14-12+. The zero-order valence-corrected chi connectivity index (χ0v) is 13.6. The van der Waals surface area contributed by atoms with Crippen LogP contribution < -0.4 is 5.32 Å². The molecule has 0 saturated carbocycles. The molecule has 3 heteroatoms. The minimum atomic E-state index is -0.117. The van der Waals surface area contributed by atoms with E-state index in [-0.39, 0.29) is 5.91 Å². The smallest absolute Gasteiger partial charge is 0.248 e. The second-order valence-electron chi connectivity index (χ2n) is 5.21. The third kappa shape index (κ3) is 3.96. The summed E-state index contributed by atoms with van der Waals surface area (Å²) >= 11 is 1.67. The van der Waals surface area contributed by atoms with Crippen LogP contribution in [-0.4, -0.2) is 5.91 Å². The van der Waals surface area contributed by atoms with E-state index in [0.717, 1.165) is 16.1 Å². The van der Waals surface area contributed by atoms with Crippen molar-refractivity contribution < 1.29 is 4.79 Å². The summed E-state index contributed by atoms with van der Waals surface area (Å²) in [6.07, 6.45) is 3.43. The van der Waals surface area contributed by atoms with Crippen molar-refractivity contribution in [3.8, 4) is 10.4 Å². The van der Waals surface area contributed by atoms with E-state index < -0.39 is 0 Å². The lowest BCUT2D eigenvalue weighted by molar-refractivity contribution is -0.111. The molecule has 0 spiro atoms. The first-order valence-corrected chi connectivity index (χ1v) is 8.24. The topological polar surface area (TPSA) is 29.1 Å². The Kier molecular flexibility index (Phi) is 4.69. The van der Waals surface area contributed by atoms with Crippen molar-refractivity contribution in [2.45, 2.75) is 6.92 Å². The first kappa shape index (κ1) is 15.3. The van der Waals surface area contributed by atoms with Gasteiger partial charge in [-0.1, -0.05) is 48.5 Å². The summed E-state index contributed by atoms with van der Waals surface area (Å²) < 4.78 is 0. The van der Waals surface area contributed by atoms with Crippen LogP contribution >= 0.6 is 11.3 Å². The van der Waals surface area contributed by atoms with E-state index in [2.05, 4.69) is 23.5 Å². The molecule has 0 aliphatic carbocycles. The molecule has 3 rings (SSSR count). The summed E-state index contributed by atoms with van der Waals surface area (Å²) in [6.45, 7) is 1.98. The molecule has 114 valence electrons. The predicted molar refractivity (Wildman–Crippen MR) is 98.6 cm³/mol. The van der Waals surface area contributed by atoms with Crippen molar-refractivity contribution in [1.82, 2.24) is 0 Å². The second kappa shape index (κ2) is 7.07. The molecule has 0 aliphatic heterocycles. The molecule has 0 bridgehead atoms. The lowest BCUT2D eigenvalue weighted by Gasteiger charge is -2.04. The summed E-state index contributed by atoms with van der Waals surface area (Å²) in [7, 11) is 0. The van der Waals surface area contributed by atoms with Gasteiger partial charge in [-0.2, -0.15) is 0 Å². The van der Waals surface area contributed by atoms with Gasteiger partial charge < -0.3 is 5.32 Å². The van der Waals surface area contributed by atoms with E-state index >= 15 is 0 Å². The largest absolute Gasteiger partial charge is 0.322 e. The molecule has 1 amide bonds. The fourth-order valence-corrected chi connectivity index (χ4v) is 3.16. The predicted octanol–water partition coefficient (Wildman–Crippen LogP) is 5.38. The van der Waals surface area contributed by atoms with Gasteiger partial charge in [-0.3, -0.25) is 4.79 Å². The average molecular weight is 319 g/mol. The summed E-state index contributed by atoms with van der Waals surface area (Å²) in [5, 5.41) is 2.90. The first-order valence-electron chi connectivity index (χ1n) is 7.42. The van der Waals surface area contributed by atoms with Gasteiger partial charge in [0.1, 0.15) is 0 Å². The highest BCUT2D eigenvalue weighted by atomic mass is 32.1. The van der Waals surface area contributed by atoms with E-state index in [9.17, 15) is 4.79 Å². The van der Waals surface area contributed by atoms with Gasteiger partial charge in [0, 0.05) is 21.5 Å². The van der Waals surface area contributed by atoms with Gasteiger partial charge in [0.25, 0.3) is 0 Å². The maximum atomic E-state index is 12.0. The summed E-state index contributed by atoms with van der Waals surface area (Å²) in [4.78, 5) is 14.3. The van der Waals surface area contributed by atoms with Crippen LogP contribution in [0.3, 0.4) is 0 Å². The Morgan fingerprint density at radius 3 is 2.48 bits per heavy atom. The minimum Gasteiger partial charge on any atom is -0.322 e. The Hall–Kier alpha value is -2.65. The lowest BCUT2D eigenvalue weighted by atomic mass is 10.2. The molecule has 2 aromatic carbocycles. The molecule has 2 nitrogen and oxygen atoms in total. The number of benzene rings is 2. The normalized spacial score (nSPS) is 10.8. The molecule has 1 heterocycles. The monoisotopic (exact) mass is 319 g/mol. The minimum absolute atomic E-state index is 0.117. The van der Waals surface area contributed by atoms with Crippen LogP contribution in [-0.2, 0) is 4.79 Å². The second-order valence-corrected chi connectivity index (χ2v) is 6.32. The molecule has 1 N–H and O–H groups in total. The highest BCUT2D eigenvalue weighted by Crippen LogP contribution is 2.28. The van der Waals surface area contributed by atoms with E-state index in [4.69, 9.17) is 0 Å². The number of thiophene rings is 1. The van der Waals surface area contributed by atoms with Crippen molar-refractivity contribution in [3.05, 3.63) is 83.2 Å². The molecule has 23 heavy (non-hydrogen) atoms. The fraction of sp³-hybridized carbons (Fsp3) is 0.0500. The van der Waals surface area contributed by atoms with Crippen molar-refractivity contribution in [2.24, 2.45) is 0 Å². The Balaban J connectivity index is 1.68. The number of hydrogen-bond acceptors (Lipinski definition) is 2. The molecule has 0 atom stereocenters. The Morgan fingerprint density at radius 1 is 0.957 bits per heavy atom. The van der Waals surface area contributed by atoms with Crippen LogP contribution in [0.2, 0.25) is 0 Å². The van der Waals surface area contributed by atoms with Gasteiger partial charge in [0.2, 0.25) is 5.91 Å². The highest BCUT2D eigenvalue weighted by Gasteiger charge is 2.02. The van der Waals surface area contributed by atoms with Crippen LogP contribution in [0.15, 0.2) is 72.8 Å². The molecule has 0 fully saturated rings. The van der Waals surface area contributed by atoms with Gasteiger partial charge in [-0.25, -0.2) is 0 Å². The molecular formula is C20H17NOS. The number of aryl methyl sites for hydroxylation is 1.